The highest BCUT2D eigenvalue weighted by Gasteiger charge is 2.13. The summed E-state index contributed by atoms with van der Waals surface area (Å²) in [6.45, 7) is 0. The van der Waals surface area contributed by atoms with Gasteiger partial charge < -0.3 is 15.8 Å². The van der Waals surface area contributed by atoms with Crippen LogP contribution < -0.4 is 15.8 Å². The molecule has 0 fully saturated rings. The molecule has 0 radical (unpaired) electrons. The number of amides is 1. The maximum atomic E-state index is 12.1. The lowest BCUT2D eigenvalue weighted by atomic mass is 10.1. The highest BCUT2D eigenvalue weighted by atomic mass is 79.9. The van der Waals surface area contributed by atoms with Gasteiger partial charge in [-0.15, -0.1) is 0 Å². The fourth-order valence-electron chi connectivity index (χ4n) is 1.55. The van der Waals surface area contributed by atoms with Crippen molar-refractivity contribution in [3.63, 3.8) is 0 Å². The summed E-state index contributed by atoms with van der Waals surface area (Å²) in [6.07, 6.45) is 1.60. The van der Waals surface area contributed by atoms with E-state index in [-0.39, 0.29) is 5.91 Å². The Hall–Kier alpha value is -2.08. The van der Waals surface area contributed by atoms with Gasteiger partial charge in [-0.2, -0.15) is 0 Å². The smallest absolute Gasteiger partial charge is 0.259 e. The molecule has 0 saturated carbocycles. The van der Waals surface area contributed by atoms with Crippen molar-refractivity contribution < 1.29 is 9.53 Å². The van der Waals surface area contributed by atoms with Crippen LogP contribution in [0.1, 0.15) is 10.4 Å². The molecule has 6 heteroatoms. The fraction of sp³-hybridized carbons (Fsp3) is 0.0769. The lowest BCUT2D eigenvalue weighted by molar-refractivity contribution is 0.102. The number of nitrogens with two attached hydrogens (primary N) is 1. The summed E-state index contributed by atoms with van der Waals surface area (Å²) in [5.74, 6) is 0.595. The van der Waals surface area contributed by atoms with Crippen molar-refractivity contribution in [3.05, 3.63) is 46.6 Å². The predicted octanol–water partition coefficient (Wildman–Crippen LogP) is 2.69. The van der Waals surface area contributed by atoms with E-state index in [1.807, 2.05) is 0 Å². The largest absolute Gasteiger partial charge is 0.495 e. The Bertz CT molecular complexity index is 599. The lowest BCUT2D eigenvalue weighted by Gasteiger charge is -2.10. The molecule has 2 aromatic rings. The third kappa shape index (κ3) is 3.03. The zero-order valence-corrected chi connectivity index (χ0v) is 11.8. The van der Waals surface area contributed by atoms with E-state index < -0.39 is 0 Å². The molecule has 2 rings (SSSR count). The number of carbonyl (C=O) groups excluding carboxylic acids is 1. The number of benzene rings is 1. The van der Waals surface area contributed by atoms with E-state index in [9.17, 15) is 4.79 Å². The van der Waals surface area contributed by atoms with Gasteiger partial charge in [-0.05, 0) is 40.2 Å². The quantitative estimate of drug-likeness (QED) is 0.852. The van der Waals surface area contributed by atoms with Gasteiger partial charge in [0.15, 0.2) is 0 Å². The Morgan fingerprint density at radius 2 is 2.16 bits per heavy atom. The van der Waals surface area contributed by atoms with E-state index in [2.05, 4.69) is 26.2 Å². The van der Waals surface area contributed by atoms with Crippen LogP contribution in [-0.4, -0.2) is 18.0 Å². The molecule has 0 aliphatic rings. The first-order valence-electron chi connectivity index (χ1n) is 5.47. The topological polar surface area (TPSA) is 77.2 Å². The SMILES string of the molecule is COc1cccc(C(=O)Nc2ccc(Br)cn2)c1N. The molecular formula is C13H12BrN3O2. The number of aromatic nitrogens is 1. The van der Waals surface area contributed by atoms with Gasteiger partial charge in [-0.1, -0.05) is 6.07 Å². The molecule has 0 atom stereocenters. The fourth-order valence-corrected chi connectivity index (χ4v) is 1.79. The Morgan fingerprint density at radius 3 is 2.79 bits per heavy atom. The zero-order valence-electron chi connectivity index (χ0n) is 10.2. The van der Waals surface area contributed by atoms with E-state index in [0.717, 1.165) is 4.47 Å². The van der Waals surface area contributed by atoms with Gasteiger partial charge in [0.05, 0.1) is 18.4 Å². The summed E-state index contributed by atoms with van der Waals surface area (Å²) < 4.78 is 5.91. The van der Waals surface area contributed by atoms with Crippen molar-refractivity contribution in [2.24, 2.45) is 0 Å². The lowest BCUT2D eigenvalue weighted by Crippen LogP contribution is -2.15. The van der Waals surface area contributed by atoms with Crippen LogP contribution in [0, 0.1) is 0 Å². The van der Waals surface area contributed by atoms with E-state index in [1.165, 1.54) is 7.11 Å². The van der Waals surface area contributed by atoms with E-state index >= 15 is 0 Å². The van der Waals surface area contributed by atoms with Crippen LogP contribution >= 0.6 is 15.9 Å². The molecule has 1 heterocycles. The Labute approximate surface area is 118 Å². The van der Waals surface area contributed by atoms with E-state index in [1.54, 1.807) is 36.5 Å². The maximum Gasteiger partial charge on any atom is 0.259 e. The zero-order chi connectivity index (χ0) is 13.8. The Kier molecular flexibility index (Phi) is 4.01. The monoisotopic (exact) mass is 321 g/mol. The molecule has 3 N–H and O–H groups in total. The van der Waals surface area contributed by atoms with Gasteiger partial charge in [0.25, 0.3) is 5.91 Å². The molecule has 1 amide bonds. The number of ether oxygens (including phenoxy) is 1. The minimum atomic E-state index is -0.328. The standard InChI is InChI=1S/C13H12BrN3O2/c1-19-10-4-2-3-9(12(10)15)13(18)17-11-6-5-8(14)7-16-11/h2-7H,15H2,1H3,(H,16,17,18). The molecule has 0 saturated heterocycles. The molecular weight excluding hydrogens is 310 g/mol. The number of carbonyl (C=O) groups is 1. The number of para-hydroxylation sites is 1. The second kappa shape index (κ2) is 5.71. The second-order valence-electron chi connectivity index (χ2n) is 3.74. The number of halogens is 1. The number of anilines is 2. The summed E-state index contributed by atoms with van der Waals surface area (Å²) in [5, 5.41) is 2.67. The van der Waals surface area contributed by atoms with Crippen molar-refractivity contribution in [1.82, 2.24) is 4.98 Å². The minimum Gasteiger partial charge on any atom is -0.495 e. The van der Waals surface area contributed by atoms with Crippen LogP contribution in [0.25, 0.3) is 0 Å². The first kappa shape index (κ1) is 13.4. The average Bonchev–Trinajstić information content (AvgIpc) is 2.41. The number of rotatable bonds is 3. The molecule has 1 aromatic heterocycles. The van der Waals surface area contributed by atoms with E-state index in [4.69, 9.17) is 10.5 Å². The molecule has 98 valence electrons. The normalized spacial score (nSPS) is 10.0. The van der Waals surface area contributed by atoms with Crippen molar-refractivity contribution in [3.8, 4) is 5.75 Å². The predicted molar refractivity (Wildman–Crippen MR) is 77.3 cm³/mol. The van der Waals surface area contributed by atoms with Crippen molar-refractivity contribution in [2.75, 3.05) is 18.2 Å². The molecule has 19 heavy (non-hydrogen) atoms. The summed E-state index contributed by atoms with van der Waals surface area (Å²) in [4.78, 5) is 16.2. The summed E-state index contributed by atoms with van der Waals surface area (Å²) in [7, 11) is 1.50. The third-order valence-corrected chi connectivity index (χ3v) is 2.97. The number of methoxy groups -OCH3 is 1. The number of nitrogens with zero attached hydrogens (tertiary/aromatic N) is 1. The first-order valence-corrected chi connectivity index (χ1v) is 6.26. The van der Waals surface area contributed by atoms with Crippen LogP contribution in [0.4, 0.5) is 11.5 Å². The Balaban J connectivity index is 2.23. The summed E-state index contributed by atoms with van der Waals surface area (Å²) in [5.41, 5.74) is 6.51. The summed E-state index contributed by atoms with van der Waals surface area (Å²) >= 11 is 3.28. The molecule has 5 nitrogen and oxygen atoms in total. The second-order valence-corrected chi connectivity index (χ2v) is 4.65. The summed E-state index contributed by atoms with van der Waals surface area (Å²) in [6, 6.07) is 8.52. The number of hydrogen-bond donors (Lipinski definition) is 2. The third-order valence-electron chi connectivity index (χ3n) is 2.50. The maximum absolute atomic E-state index is 12.1. The van der Waals surface area contributed by atoms with Crippen molar-refractivity contribution in [1.29, 1.82) is 0 Å². The first-order chi connectivity index (χ1) is 9.11. The van der Waals surface area contributed by atoms with Gasteiger partial charge in [0.1, 0.15) is 11.6 Å². The van der Waals surface area contributed by atoms with Crippen LogP contribution in [0.5, 0.6) is 5.75 Å². The van der Waals surface area contributed by atoms with E-state index in [0.29, 0.717) is 22.8 Å². The highest BCUT2D eigenvalue weighted by Crippen LogP contribution is 2.25. The van der Waals surface area contributed by atoms with Crippen LogP contribution in [0.2, 0.25) is 0 Å². The minimum absolute atomic E-state index is 0.305. The van der Waals surface area contributed by atoms with Gasteiger partial charge in [-0.3, -0.25) is 4.79 Å². The van der Waals surface area contributed by atoms with Crippen LogP contribution in [-0.2, 0) is 0 Å². The number of nitrogen functional groups attached to an aromatic ring is 1. The molecule has 0 bridgehead atoms. The van der Waals surface area contributed by atoms with Crippen molar-refractivity contribution >= 4 is 33.3 Å². The average molecular weight is 322 g/mol. The number of pyridine rings is 1. The molecule has 0 aliphatic heterocycles. The molecule has 0 spiro atoms. The van der Waals surface area contributed by atoms with Crippen LogP contribution in [0.15, 0.2) is 41.0 Å². The van der Waals surface area contributed by atoms with Gasteiger partial charge >= 0.3 is 0 Å². The number of nitrogens with one attached hydrogen (secondary N) is 1. The van der Waals surface area contributed by atoms with Crippen LogP contribution in [0.3, 0.4) is 0 Å². The van der Waals surface area contributed by atoms with Gasteiger partial charge in [0.2, 0.25) is 0 Å². The molecule has 1 aromatic carbocycles. The van der Waals surface area contributed by atoms with Gasteiger partial charge in [0, 0.05) is 10.7 Å². The molecule has 0 aliphatic carbocycles. The highest BCUT2D eigenvalue weighted by molar-refractivity contribution is 9.10. The van der Waals surface area contributed by atoms with Gasteiger partial charge in [-0.25, -0.2) is 4.98 Å². The Morgan fingerprint density at radius 1 is 1.37 bits per heavy atom. The molecule has 0 unspecified atom stereocenters. The van der Waals surface area contributed by atoms with Crippen molar-refractivity contribution in [2.45, 2.75) is 0 Å². The number of hydrogen-bond acceptors (Lipinski definition) is 4.